The van der Waals surface area contributed by atoms with Gasteiger partial charge in [0.15, 0.2) is 0 Å². The lowest BCUT2D eigenvalue weighted by molar-refractivity contribution is 0.0976. The molecule has 2 aliphatic rings. The summed E-state index contributed by atoms with van der Waals surface area (Å²) in [6, 6.07) is 15.2. The lowest BCUT2D eigenvalue weighted by Gasteiger charge is -2.26. The van der Waals surface area contributed by atoms with Crippen LogP contribution in [-0.2, 0) is 21.5 Å². The summed E-state index contributed by atoms with van der Waals surface area (Å²) in [5.74, 6) is 0.127. The average molecular weight is 471 g/mol. The zero-order valence-electron chi connectivity index (χ0n) is 18.3. The number of aromatic nitrogens is 1. The monoisotopic (exact) mass is 470 g/mol. The minimum atomic E-state index is -3.98. The molecule has 1 aromatic heterocycles. The smallest absolute Gasteiger partial charge is 0.303 e. The van der Waals surface area contributed by atoms with Gasteiger partial charge in [0.05, 0.1) is 24.9 Å². The molecule has 3 aromatic rings. The maximum absolute atomic E-state index is 12.8. The predicted molar refractivity (Wildman–Crippen MR) is 124 cm³/mol. The largest absolute Gasteiger partial charge is 0.491 e. The van der Waals surface area contributed by atoms with E-state index in [0.717, 1.165) is 32.2 Å². The maximum Gasteiger partial charge on any atom is 0.303 e. The molecule has 2 aromatic carbocycles. The molecule has 0 aliphatic carbocycles. The van der Waals surface area contributed by atoms with Crippen LogP contribution in [0.4, 0.5) is 0 Å². The SMILES string of the molecule is CN1CCOCCNC2COc3ccccc3-c3cc4ccc(cc4n3C2)C(=O)NS1(=O)=O. The van der Waals surface area contributed by atoms with Gasteiger partial charge in [0.1, 0.15) is 12.4 Å². The Morgan fingerprint density at radius 1 is 1.09 bits per heavy atom. The number of hydrogen-bond donors (Lipinski definition) is 2. The Bertz CT molecular complexity index is 1300. The summed E-state index contributed by atoms with van der Waals surface area (Å²) in [5, 5.41) is 4.45. The highest BCUT2D eigenvalue weighted by Crippen LogP contribution is 2.36. The zero-order valence-corrected chi connectivity index (χ0v) is 19.1. The molecule has 1 atom stereocenters. The van der Waals surface area contributed by atoms with Crippen LogP contribution in [0.1, 0.15) is 10.4 Å². The first-order valence-corrected chi connectivity index (χ1v) is 12.3. The molecule has 0 saturated carbocycles. The van der Waals surface area contributed by atoms with E-state index in [9.17, 15) is 13.2 Å². The van der Waals surface area contributed by atoms with Crippen molar-refractivity contribution in [3.05, 3.63) is 54.1 Å². The lowest BCUT2D eigenvalue weighted by Crippen LogP contribution is -2.43. The second kappa shape index (κ2) is 8.79. The molecule has 10 heteroatoms. The molecular formula is C23H26N4O5S. The Labute approximate surface area is 192 Å². The highest BCUT2D eigenvalue weighted by molar-refractivity contribution is 7.87. The Morgan fingerprint density at radius 3 is 2.82 bits per heavy atom. The van der Waals surface area contributed by atoms with Crippen molar-refractivity contribution in [2.24, 2.45) is 0 Å². The molecule has 1 unspecified atom stereocenters. The second-order valence-corrected chi connectivity index (χ2v) is 10.0. The van der Waals surface area contributed by atoms with Crippen LogP contribution in [0.15, 0.2) is 48.5 Å². The van der Waals surface area contributed by atoms with Gasteiger partial charge < -0.3 is 19.4 Å². The first-order valence-electron chi connectivity index (χ1n) is 10.9. The number of benzene rings is 2. The summed E-state index contributed by atoms with van der Waals surface area (Å²) in [6.45, 7) is 2.49. The summed E-state index contributed by atoms with van der Waals surface area (Å²) >= 11 is 0. The van der Waals surface area contributed by atoms with E-state index in [0.29, 0.717) is 26.3 Å². The van der Waals surface area contributed by atoms with Crippen molar-refractivity contribution in [1.82, 2.24) is 18.9 Å². The van der Waals surface area contributed by atoms with Gasteiger partial charge >= 0.3 is 10.2 Å². The number of nitrogens with one attached hydrogen (secondary N) is 2. The van der Waals surface area contributed by atoms with Gasteiger partial charge in [-0.2, -0.15) is 12.7 Å². The number of amides is 1. The zero-order chi connectivity index (χ0) is 23.0. The number of fused-ring (bicyclic) bond motifs is 4. The Kier molecular flexibility index (Phi) is 5.83. The van der Waals surface area contributed by atoms with Crippen molar-refractivity contribution < 1.29 is 22.7 Å². The topological polar surface area (TPSA) is 102 Å². The number of carbonyl (C=O) groups excluding carboxylic acids is 1. The van der Waals surface area contributed by atoms with E-state index in [2.05, 4.69) is 20.7 Å². The summed E-state index contributed by atoms with van der Waals surface area (Å²) < 4.78 is 42.3. The van der Waals surface area contributed by atoms with E-state index in [4.69, 9.17) is 9.47 Å². The van der Waals surface area contributed by atoms with E-state index in [-0.39, 0.29) is 24.8 Å². The normalized spacial score (nSPS) is 21.7. The fraction of sp³-hybridized carbons (Fsp3) is 0.348. The minimum Gasteiger partial charge on any atom is -0.491 e. The standard InChI is InChI=1S/C23H26N4O5S/c1-26-9-11-31-10-8-24-18-14-27-20-13-17(23(28)25-33(26,29)30)7-6-16(20)12-21(27)19-4-2-3-5-22(19)32-15-18/h2-7,12-13,18,24H,8-11,14-15H2,1H3,(H,25,28). The van der Waals surface area contributed by atoms with E-state index < -0.39 is 16.1 Å². The molecule has 2 aliphatic heterocycles. The van der Waals surface area contributed by atoms with Gasteiger partial charge in [-0.15, -0.1) is 0 Å². The summed E-state index contributed by atoms with van der Waals surface area (Å²) in [7, 11) is -2.56. The molecule has 4 bridgehead atoms. The van der Waals surface area contributed by atoms with Gasteiger partial charge in [0, 0.05) is 48.7 Å². The number of para-hydroxylation sites is 1. The molecule has 9 nitrogen and oxygen atoms in total. The quantitative estimate of drug-likeness (QED) is 0.518. The predicted octanol–water partition coefficient (Wildman–Crippen LogP) is 1.60. The number of ether oxygens (including phenoxy) is 2. The number of rotatable bonds is 0. The van der Waals surface area contributed by atoms with Gasteiger partial charge in [0.2, 0.25) is 0 Å². The van der Waals surface area contributed by atoms with Crippen LogP contribution in [-0.4, -0.2) is 69.2 Å². The van der Waals surface area contributed by atoms with Crippen molar-refractivity contribution in [2.45, 2.75) is 12.6 Å². The maximum atomic E-state index is 12.8. The number of nitrogens with zero attached hydrogens (tertiary/aromatic N) is 2. The molecule has 3 heterocycles. The van der Waals surface area contributed by atoms with Crippen LogP contribution < -0.4 is 14.8 Å². The first-order chi connectivity index (χ1) is 15.9. The van der Waals surface area contributed by atoms with Crippen molar-refractivity contribution in [3.8, 4) is 17.0 Å². The average Bonchev–Trinajstić information content (AvgIpc) is 3.14. The lowest BCUT2D eigenvalue weighted by atomic mass is 10.1. The van der Waals surface area contributed by atoms with Crippen molar-refractivity contribution >= 4 is 27.0 Å². The third-order valence-electron chi connectivity index (χ3n) is 6.03. The van der Waals surface area contributed by atoms with E-state index in [1.807, 2.05) is 30.3 Å². The van der Waals surface area contributed by atoms with Crippen molar-refractivity contribution in [2.75, 3.05) is 40.0 Å². The van der Waals surface area contributed by atoms with Gasteiger partial charge in [-0.1, -0.05) is 18.2 Å². The highest BCUT2D eigenvalue weighted by Gasteiger charge is 2.25. The summed E-state index contributed by atoms with van der Waals surface area (Å²) in [5.41, 5.74) is 3.09. The number of hydrogen-bond acceptors (Lipinski definition) is 6. The Morgan fingerprint density at radius 2 is 1.94 bits per heavy atom. The molecule has 1 amide bonds. The fourth-order valence-electron chi connectivity index (χ4n) is 4.21. The van der Waals surface area contributed by atoms with E-state index >= 15 is 0 Å². The van der Waals surface area contributed by atoms with Crippen LogP contribution in [0.25, 0.3) is 22.2 Å². The van der Waals surface area contributed by atoms with Gasteiger partial charge in [-0.3, -0.25) is 4.79 Å². The molecule has 0 spiro atoms. The van der Waals surface area contributed by atoms with Crippen LogP contribution in [0.5, 0.6) is 5.75 Å². The third-order valence-corrected chi connectivity index (χ3v) is 7.48. The molecule has 0 fully saturated rings. The molecule has 174 valence electrons. The summed E-state index contributed by atoms with van der Waals surface area (Å²) in [4.78, 5) is 12.8. The Balaban J connectivity index is 1.63. The molecule has 2 N–H and O–H groups in total. The third kappa shape index (κ3) is 4.34. The highest BCUT2D eigenvalue weighted by atomic mass is 32.2. The summed E-state index contributed by atoms with van der Waals surface area (Å²) in [6.07, 6.45) is 0. The second-order valence-electron chi connectivity index (χ2n) is 8.24. The van der Waals surface area contributed by atoms with Gasteiger partial charge in [-0.05, 0) is 30.3 Å². The molecular weight excluding hydrogens is 444 g/mol. The number of carbonyl (C=O) groups is 1. The van der Waals surface area contributed by atoms with Crippen LogP contribution in [0.2, 0.25) is 0 Å². The molecule has 33 heavy (non-hydrogen) atoms. The van der Waals surface area contributed by atoms with E-state index in [1.54, 1.807) is 12.1 Å². The minimum absolute atomic E-state index is 0.0183. The first kappa shape index (κ1) is 21.9. The molecule has 0 radical (unpaired) electrons. The van der Waals surface area contributed by atoms with E-state index in [1.165, 1.54) is 7.05 Å². The molecule has 5 rings (SSSR count). The van der Waals surface area contributed by atoms with Gasteiger partial charge in [-0.25, -0.2) is 4.72 Å². The van der Waals surface area contributed by atoms with Crippen molar-refractivity contribution in [3.63, 3.8) is 0 Å². The van der Waals surface area contributed by atoms with Gasteiger partial charge in [0.25, 0.3) is 5.91 Å². The fourth-order valence-corrected chi connectivity index (χ4v) is 5.03. The van der Waals surface area contributed by atoms with Crippen LogP contribution >= 0.6 is 0 Å². The van der Waals surface area contributed by atoms with Crippen molar-refractivity contribution in [1.29, 1.82) is 0 Å². The molecule has 0 saturated heterocycles. The number of likely N-dealkylation sites (N-methyl/N-ethyl adjacent to an activating group) is 1. The Hall–Kier alpha value is -2.92. The van der Waals surface area contributed by atoms with Crippen LogP contribution in [0.3, 0.4) is 0 Å². The van der Waals surface area contributed by atoms with Crippen LogP contribution in [0, 0.1) is 0 Å².